The molecule has 0 saturated carbocycles. The van der Waals surface area contributed by atoms with Crippen LogP contribution in [0.1, 0.15) is 17.3 Å². The topological polar surface area (TPSA) is 133 Å². The van der Waals surface area contributed by atoms with Crippen LogP contribution in [0.2, 0.25) is 0 Å². The zero-order valence-electron chi connectivity index (χ0n) is 9.41. The molecule has 0 aliphatic heterocycles. The van der Waals surface area contributed by atoms with Gasteiger partial charge in [0.1, 0.15) is 0 Å². The maximum Gasteiger partial charge on any atom is 0.337 e. The number of nitrogens with zero attached hydrogens (tertiary/aromatic N) is 1. The van der Waals surface area contributed by atoms with Crippen molar-refractivity contribution in [3.05, 3.63) is 23.8 Å². The van der Waals surface area contributed by atoms with Crippen molar-refractivity contribution in [3.8, 4) is 6.07 Å². The van der Waals surface area contributed by atoms with Crippen LogP contribution in [0.5, 0.6) is 0 Å². The third-order valence-electron chi connectivity index (χ3n) is 2.17. The first-order chi connectivity index (χ1) is 8.27. The van der Waals surface area contributed by atoms with Crippen LogP contribution < -0.4 is 10.5 Å². The summed E-state index contributed by atoms with van der Waals surface area (Å²) in [5.41, 5.74) is 5.22. The fourth-order valence-corrected chi connectivity index (χ4v) is 1.94. The van der Waals surface area contributed by atoms with Gasteiger partial charge in [-0.1, -0.05) is 0 Å². The van der Waals surface area contributed by atoms with Crippen molar-refractivity contribution in [2.24, 2.45) is 0 Å². The summed E-state index contributed by atoms with van der Waals surface area (Å²) in [5, 5.41) is 16.2. The Morgan fingerprint density at radius 2 is 2.17 bits per heavy atom. The van der Waals surface area contributed by atoms with Gasteiger partial charge in [-0.15, -0.1) is 0 Å². The molecule has 8 heteroatoms. The zero-order chi connectivity index (χ0) is 13.9. The Morgan fingerprint density at radius 3 is 2.67 bits per heavy atom. The second-order valence-electron chi connectivity index (χ2n) is 3.53. The van der Waals surface area contributed by atoms with E-state index in [0.717, 1.165) is 6.07 Å². The Kier molecular flexibility index (Phi) is 3.78. The normalized spacial score (nSPS) is 12.4. The predicted molar refractivity (Wildman–Crippen MR) is 65.4 cm³/mol. The zero-order valence-corrected chi connectivity index (χ0v) is 10.2. The molecule has 4 N–H and O–H groups in total. The van der Waals surface area contributed by atoms with E-state index in [1.54, 1.807) is 6.07 Å². The largest absolute Gasteiger partial charge is 0.478 e. The number of nitrogens with two attached hydrogens (primary N) is 1. The van der Waals surface area contributed by atoms with Gasteiger partial charge < -0.3 is 10.8 Å². The lowest BCUT2D eigenvalue weighted by Gasteiger charge is -2.11. The molecule has 1 unspecified atom stereocenters. The van der Waals surface area contributed by atoms with Gasteiger partial charge in [0, 0.05) is 5.69 Å². The van der Waals surface area contributed by atoms with E-state index in [0.29, 0.717) is 0 Å². The number of carbonyl (C=O) groups is 1. The summed E-state index contributed by atoms with van der Waals surface area (Å²) >= 11 is 0. The van der Waals surface area contributed by atoms with E-state index >= 15 is 0 Å². The number of carboxylic acids is 1. The Hall–Kier alpha value is -2.27. The smallest absolute Gasteiger partial charge is 0.337 e. The van der Waals surface area contributed by atoms with Crippen LogP contribution in [0, 0.1) is 11.3 Å². The molecule has 0 spiro atoms. The fourth-order valence-electron chi connectivity index (χ4n) is 1.14. The average Bonchev–Trinajstić information content (AvgIpc) is 2.29. The molecule has 0 fully saturated rings. The highest BCUT2D eigenvalue weighted by Gasteiger charge is 2.22. The summed E-state index contributed by atoms with van der Waals surface area (Å²) < 4.78 is 25.3. The number of nitriles is 1. The monoisotopic (exact) mass is 269 g/mol. The van der Waals surface area contributed by atoms with E-state index in [1.807, 2.05) is 0 Å². The molecule has 0 amide bonds. The van der Waals surface area contributed by atoms with Crippen LogP contribution >= 0.6 is 0 Å². The van der Waals surface area contributed by atoms with E-state index in [-0.39, 0.29) is 16.9 Å². The molecular formula is C10H11N3O4S. The lowest BCUT2D eigenvalue weighted by atomic mass is 10.1. The molecule has 7 nitrogen and oxygen atoms in total. The standard InChI is InChI=1S/C10H11N3O4S/c1-6(5-11)18(16,17)13-9-3-2-7(12)4-8(9)10(14)15/h2-4,6,13H,12H2,1H3,(H,14,15). The second-order valence-corrected chi connectivity index (χ2v) is 5.53. The molecular weight excluding hydrogens is 258 g/mol. The van der Waals surface area contributed by atoms with E-state index < -0.39 is 21.2 Å². The molecule has 0 radical (unpaired) electrons. The quantitative estimate of drug-likeness (QED) is 0.686. The van der Waals surface area contributed by atoms with Gasteiger partial charge in [0.2, 0.25) is 10.0 Å². The van der Waals surface area contributed by atoms with Gasteiger partial charge in [0.15, 0.2) is 5.25 Å². The summed E-state index contributed by atoms with van der Waals surface area (Å²) in [6.07, 6.45) is 0. The van der Waals surface area contributed by atoms with E-state index in [1.165, 1.54) is 19.1 Å². The molecule has 0 bridgehead atoms. The average molecular weight is 269 g/mol. The third kappa shape index (κ3) is 2.89. The maximum absolute atomic E-state index is 11.6. The Labute approximate surface area is 104 Å². The van der Waals surface area contributed by atoms with Crippen LogP contribution in [0.4, 0.5) is 11.4 Å². The predicted octanol–water partition coefficient (Wildman–Crippen LogP) is 0.621. The van der Waals surface area contributed by atoms with Crippen molar-refractivity contribution in [1.82, 2.24) is 0 Å². The van der Waals surface area contributed by atoms with E-state index in [9.17, 15) is 13.2 Å². The molecule has 96 valence electrons. The summed E-state index contributed by atoms with van der Waals surface area (Å²) in [5.74, 6) is -1.32. The van der Waals surface area contributed by atoms with E-state index in [2.05, 4.69) is 4.72 Å². The van der Waals surface area contributed by atoms with Crippen molar-refractivity contribution in [3.63, 3.8) is 0 Å². The molecule has 1 atom stereocenters. The van der Waals surface area contributed by atoms with Crippen molar-refractivity contribution in [2.45, 2.75) is 12.2 Å². The van der Waals surface area contributed by atoms with Crippen molar-refractivity contribution in [1.29, 1.82) is 5.26 Å². The first-order valence-corrected chi connectivity index (χ1v) is 6.36. The summed E-state index contributed by atoms with van der Waals surface area (Å²) in [4.78, 5) is 10.9. The molecule has 0 aromatic heterocycles. The Balaban J connectivity index is 3.21. The minimum atomic E-state index is -3.95. The highest BCUT2D eigenvalue weighted by atomic mass is 32.2. The Bertz CT molecular complexity index is 619. The molecule has 1 rings (SSSR count). The first-order valence-electron chi connectivity index (χ1n) is 4.82. The van der Waals surface area contributed by atoms with Crippen molar-refractivity contribution >= 4 is 27.4 Å². The number of nitrogens with one attached hydrogen (secondary N) is 1. The summed E-state index contributed by atoms with van der Waals surface area (Å²) in [6.45, 7) is 1.19. The molecule has 1 aromatic rings. The fraction of sp³-hybridized carbons (Fsp3) is 0.200. The van der Waals surface area contributed by atoms with Gasteiger partial charge in [0.05, 0.1) is 17.3 Å². The van der Waals surface area contributed by atoms with Crippen molar-refractivity contribution in [2.75, 3.05) is 10.5 Å². The van der Waals surface area contributed by atoms with Crippen LogP contribution in [-0.4, -0.2) is 24.7 Å². The summed E-state index contributed by atoms with van der Waals surface area (Å²) in [6, 6.07) is 5.30. The highest BCUT2D eigenvalue weighted by Crippen LogP contribution is 2.21. The molecule has 0 saturated heterocycles. The number of aromatic carboxylic acids is 1. The van der Waals surface area contributed by atoms with Gasteiger partial charge >= 0.3 is 5.97 Å². The van der Waals surface area contributed by atoms with Gasteiger partial charge in [-0.2, -0.15) is 5.26 Å². The number of nitrogen functional groups attached to an aromatic ring is 1. The number of rotatable bonds is 4. The number of sulfonamides is 1. The lowest BCUT2D eigenvalue weighted by Crippen LogP contribution is -2.24. The van der Waals surface area contributed by atoms with Crippen LogP contribution in [-0.2, 0) is 10.0 Å². The highest BCUT2D eigenvalue weighted by molar-refractivity contribution is 7.93. The molecule has 0 aliphatic carbocycles. The third-order valence-corrected chi connectivity index (χ3v) is 3.71. The number of hydrogen-bond donors (Lipinski definition) is 3. The maximum atomic E-state index is 11.6. The number of carboxylic acid groups (broad SMARTS) is 1. The van der Waals surface area contributed by atoms with Crippen LogP contribution in [0.25, 0.3) is 0 Å². The summed E-state index contributed by atoms with van der Waals surface area (Å²) in [7, 11) is -3.95. The number of benzene rings is 1. The Morgan fingerprint density at radius 1 is 1.56 bits per heavy atom. The number of hydrogen-bond acceptors (Lipinski definition) is 5. The van der Waals surface area contributed by atoms with Gasteiger partial charge in [0.25, 0.3) is 0 Å². The minimum absolute atomic E-state index is 0.126. The van der Waals surface area contributed by atoms with Gasteiger partial charge in [-0.3, -0.25) is 4.72 Å². The molecule has 0 heterocycles. The first kappa shape index (κ1) is 13.8. The van der Waals surface area contributed by atoms with Gasteiger partial charge in [-0.25, -0.2) is 13.2 Å². The SMILES string of the molecule is CC(C#N)S(=O)(=O)Nc1ccc(N)cc1C(=O)O. The lowest BCUT2D eigenvalue weighted by molar-refractivity contribution is 0.0698. The minimum Gasteiger partial charge on any atom is -0.478 e. The molecule has 1 aromatic carbocycles. The second kappa shape index (κ2) is 4.93. The van der Waals surface area contributed by atoms with Crippen LogP contribution in [0.15, 0.2) is 18.2 Å². The molecule has 18 heavy (non-hydrogen) atoms. The van der Waals surface area contributed by atoms with Crippen molar-refractivity contribution < 1.29 is 18.3 Å². The van der Waals surface area contributed by atoms with Gasteiger partial charge in [-0.05, 0) is 25.1 Å². The molecule has 0 aliphatic rings. The van der Waals surface area contributed by atoms with E-state index in [4.69, 9.17) is 16.1 Å². The van der Waals surface area contributed by atoms with Crippen LogP contribution in [0.3, 0.4) is 0 Å². The number of anilines is 2.